The predicted molar refractivity (Wildman–Crippen MR) is 102 cm³/mol. The molecule has 4 nitrogen and oxygen atoms in total. The van der Waals surface area contributed by atoms with Crippen LogP contribution in [0.15, 0.2) is 71.6 Å². The number of rotatable bonds is 3. The number of halogens is 2. The quantitative estimate of drug-likeness (QED) is 0.472. The van der Waals surface area contributed by atoms with Crippen molar-refractivity contribution in [1.29, 1.82) is 0 Å². The van der Waals surface area contributed by atoms with Gasteiger partial charge < -0.3 is 13.9 Å². The molecule has 3 aromatic heterocycles. The van der Waals surface area contributed by atoms with Crippen LogP contribution >= 0.6 is 0 Å². The van der Waals surface area contributed by atoms with E-state index in [9.17, 15) is 13.9 Å². The van der Waals surface area contributed by atoms with E-state index in [2.05, 4.69) is 4.98 Å². The Hall–Kier alpha value is -3.51. The van der Waals surface area contributed by atoms with Gasteiger partial charge in [0, 0.05) is 39.9 Å². The van der Waals surface area contributed by atoms with Crippen LogP contribution in [0, 0.1) is 11.6 Å². The van der Waals surface area contributed by atoms with Gasteiger partial charge in [0.2, 0.25) is 0 Å². The molecule has 0 saturated carbocycles. The standard InChI is InChI=1S/C22H14F2N2O2/c23-18-7-6-15(21(24)17(18)11-27)13-5-8-20-25-19(10-26(20)9-13)22-16-4-2-1-3-14(16)12-28-22/h1-10,12,27H,11H2. The molecule has 5 rings (SSSR count). The van der Waals surface area contributed by atoms with Gasteiger partial charge in [-0.25, -0.2) is 13.8 Å². The maximum absolute atomic E-state index is 14.6. The first-order chi connectivity index (χ1) is 13.7. The van der Waals surface area contributed by atoms with Crippen molar-refractivity contribution in [2.75, 3.05) is 0 Å². The van der Waals surface area contributed by atoms with Crippen molar-refractivity contribution >= 4 is 16.4 Å². The molecule has 0 radical (unpaired) electrons. The molecule has 0 aliphatic rings. The van der Waals surface area contributed by atoms with Crippen LogP contribution in [0.2, 0.25) is 0 Å². The van der Waals surface area contributed by atoms with Gasteiger partial charge in [0.05, 0.1) is 12.9 Å². The number of nitrogens with zero attached hydrogens (tertiary/aromatic N) is 2. The lowest BCUT2D eigenvalue weighted by atomic mass is 10.0. The summed E-state index contributed by atoms with van der Waals surface area (Å²) in [7, 11) is 0. The highest BCUT2D eigenvalue weighted by molar-refractivity contribution is 5.93. The van der Waals surface area contributed by atoms with Crippen LogP contribution in [0.3, 0.4) is 0 Å². The van der Waals surface area contributed by atoms with Crippen LogP contribution in [0.25, 0.3) is 39.0 Å². The summed E-state index contributed by atoms with van der Waals surface area (Å²) < 4.78 is 35.7. The van der Waals surface area contributed by atoms with E-state index in [4.69, 9.17) is 4.42 Å². The largest absolute Gasteiger partial charge is 0.461 e. The number of furan rings is 1. The van der Waals surface area contributed by atoms with Crippen LogP contribution in [0.4, 0.5) is 8.78 Å². The van der Waals surface area contributed by atoms with E-state index in [1.165, 1.54) is 6.07 Å². The summed E-state index contributed by atoms with van der Waals surface area (Å²) in [5, 5.41) is 11.2. The monoisotopic (exact) mass is 376 g/mol. The van der Waals surface area contributed by atoms with Gasteiger partial charge in [-0.2, -0.15) is 0 Å². The van der Waals surface area contributed by atoms with Crippen molar-refractivity contribution in [1.82, 2.24) is 9.38 Å². The number of aromatic nitrogens is 2. The number of hydrogen-bond acceptors (Lipinski definition) is 3. The summed E-state index contributed by atoms with van der Waals surface area (Å²) in [4.78, 5) is 4.59. The lowest BCUT2D eigenvalue weighted by Crippen LogP contribution is -1.98. The van der Waals surface area contributed by atoms with Crippen LogP contribution < -0.4 is 0 Å². The number of imidazole rings is 1. The van der Waals surface area contributed by atoms with Gasteiger partial charge in [-0.3, -0.25) is 0 Å². The summed E-state index contributed by atoms with van der Waals surface area (Å²) in [6, 6.07) is 13.8. The van der Waals surface area contributed by atoms with Gasteiger partial charge in [0.15, 0.2) is 5.76 Å². The number of pyridine rings is 1. The fourth-order valence-corrected chi connectivity index (χ4v) is 3.42. The number of aliphatic hydroxyl groups is 1. The van der Waals surface area contributed by atoms with Crippen molar-refractivity contribution in [2.24, 2.45) is 0 Å². The van der Waals surface area contributed by atoms with E-state index in [0.29, 0.717) is 22.7 Å². The highest BCUT2D eigenvalue weighted by Crippen LogP contribution is 2.31. The first kappa shape index (κ1) is 16.6. The maximum Gasteiger partial charge on any atom is 0.161 e. The van der Waals surface area contributed by atoms with Crippen molar-refractivity contribution < 1.29 is 18.3 Å². The Morgan fingerprint density at radius 3 is 2.71 bits per heavy atom. The van der Waals surface area contributed by atoms with E-state index >= 15 is 0 Å². The second-order valence-electron chi connectivity index (χ2n) is 6.51. The lowest BCUT2D eigenvalue weighted by molar-refractivity contribution is 0.269. The van der Waals surface area contributed by atoms with Gasteiger partial charge in [0.25, 0.3) is 0 Å². The average Bonchev–Trinajstić information content (AvgIpc) is 3.31. The summed E-state index contributed by atoms with van der Waals surface area (Å²) >= 11 is 0. The zero-order valence-electron chi connectivity index (χ0n) is 14.6. The van der Waals surface area contributed by atoms with E-state index in [-0.39, 0.29) is 11.1 Å². The maximum atomic E-state index is 14.6. The first-order valence-corrected chi connectivity index (χ1v) is 8.69. The molecule has 28 heavy (non-hydrogen) atoms. The highest BCUT2D eigenvalue weighted by atomic mass is 19.1. The summed E-state index contributed by atoms with van der Waals surface area (Å²) in [6.45, 7) is -0.700. The first-order valence-electron chi connectivity index (χ1n) is 8.69. The molecule has 138 valence electrons. The number of fused-ring (bicyclic) bond motifs is 2. The third kappa shape index (κ3) is 2.50. The molecule has 0 saturated heterocycles. The Bertz CT molecular complexity index is 1340. The van der Waals surface area contributed by atoms with Crippen LogP contribution in [-0.2, 0) is 6.61 Å². The van der Waals surface area contributed by atoms with E-state index in [1.807, 2.05) is 24.3 Å². The van der Waals surface area contributed by atoms with E-state index in [0.717, 1.165) is 16.8 Å². The van der Waals surface area contributed by atoms with E-state index in [1.54, 1.807) is 35.2 Å². The third-order valence-electron chi connectivity index (χ3n) is 4.85. The Balaban J connectivity index is 1.64. The zero-order chi connectivity index (χ0) is 19.3. The molecule has 6 heteroatoms. The third-order valence-corrected chi connectivity index (χ3v) is 4.85. The van der Waals surface area contributed by atoms with Crippen molar-refractivity contribution in [2.45, 2.75) is 6.61 Å². The predicted octanol–water partition coefficient (Wildman–Crippen LogP) is 5.19. The van der Waals surface area contributed by atoms with Crippen molar-refractivity contribution in [3.63, 3.8) is 0 Å². The Morgan fingerprint density at radius 1 is 1.00 bits per heavy atom. The molecular formula is C22H14F2N2O2. The second kappa shape index (κ2) is 6.28. The minimum absolute atomic E-state index is 0.214. The lowest BCUT2D eigenvalue weighted by Gasteiger charge is -2.08. The molecule has 0 bridgehead atoms. The van der Waals surface area contributed by atoms with Gasteiger partial charge >= 0.3 is 0 Å². The minimum Gasteiger partial charge on any atom is -0.461 e. The second-order valence-corrected chi connectivity index (χ2v) is 6.51. The van der Waals surface area contributed by atoms with E-state index < -0.39 is 18.2 Å². The molecule has 0 spiro atoms. The molecule has 3 heterocycles. The smallest absolute Gasteiger partial charge is 0.161 e. The minimum atomic E-state index is -0.765. The van der Waals surface area contributed by atoms with Gasteiger partial charge in [-0.1, -0.05) is 24.3 Å². The number of hydrogen-bond donors (Lipinski definition) is 1. The van der Waals surface area contributed by atoms with Crippen LogP contribution in [0.5, 0.6) is 0 Å². The van der Waals surface area contributed by atoms with Crippen molar-refractivity contribution in [3.8, 4) is 22.6 Å². The van der Waals surface area contributed by atoms with Crippen LogP contribution in [-0.4, -0.2) is 14.5 Å². The number of benzene rings is 2. The molecule has 0 atom stereocenters. The van der Waals surface area contributed by atoms with Gasteiger partial charge in [-0.05, 0) is 24.3 Å². The van der Waals surface area contributed by atoms with Crippen LogP contribution in [0.1, 0.15) is 5.56 Å². The summed E-state index contributed by atoms with van der Waals surface area (Å²) in [5.41, 5.74) is 1.75. The number of aliphatic hydroxyl groups excluding tert-OH is 1. The van der Waals surface area contributed by atoms with Gasteiger partial charge in [-0.15, -0.1) is 0 Å². The fourth-order valence-electron chi connectivity index (χ4n) is 3.42. The zero-order valence-corrected chi connectivity index (χ0v) is 14.6. The molecular weight excluding hydrogens is 362 g/mol. The Labute approximate surface area is 158 Å². The molecule has 0 fully saturated rings. The molecule has 1 N–H and O–H groups in total. The SMILES string of the molecule is OCc1c(F)ccc(-c2ccc3nc(-c4occ5ccccc45)cn3c2)c1F. The highest BCUT2D eigenvalue weighted by Gasteiger charge is 2.16. The Kier molecular flexibility index (Phi) is 3.74. The normalized spacial score (nSPS) is 11.5. The summed E-state index contributed by atoms with van der Waals surface area (Å²) in [6.07, 6.45) is 5.21. The average molecular weight is 376 g/mol. The molecule has 0 aliphatic carbocycles. The fraction of sp³-hybridized carbons (Fsp3) is 0.0455. The Morgan fingerprint density at radius 2 is 1.86 bits per heavy atom. The topological polar surface area (TPSA) is 50.7 Å². The molecule has 0 aliphatic heterocycles. The van der Waals surface area contributed by atoms with Crippen molar-refractivity contribution in [3.05, 3.63) is 84.4 Å². The molecule has 0 amide bonds. The molecule has 5 aromatic rings. The summed E-state index contributed by atoms with van der Waals surface area (Å²) in [5.74, 6) is -0.866. The molecule has 2 aromatic carbocycles. The molecule has 0 unspecified atom stereocenters. The van der Waals surface area contributed by atoms with Gasteiger partial charge in [0.1, 0.15) is 23.0 Å².